The van der Waals surface area contributed by atoms with Crippen molar-refractivity contribution in [1.82, 2.24) is 24.5 Å². The van der Waals surface area contributed by atoms with Crippen molar-refractivity contribution in [2.45, 2.75) is 38.6 Å². The zero-order chi connectivity index (χ0) is 21.8. The summed E-state index contributed by atoms with van der Waals surface area (Å²) in [4.78, 5) is 27.2. The van der Waals surface area contributed by atoms with Gasteiger partial charge in [0.15, 0.2) is 5.82 Å². The molecule has 5 rings (SSSR count). The van der Waals surface area contributed by atoms with Crippen molar-refractivity contribution in [2.24, 2.45) is 5.92 Å². The van der Waals surface area contributed by atoms with Gasteiger partial charge >= 0.3 is 0 Å². The van der Waals surface area contributed by atoms with E-state index in [2.05, 4.69) is 10.2 Å². The predicted octanol–water partition coefficient (Wildman–Crippen LogP) is 2.38. The van der Waals surface area contributed by atoms with Crippen LogP contribution >= 0.6 is 0 Å². The number of carbonyl (C=O) groups is 1. The zero-order valence-electron chi connectivity index (χ0n) is 17.6. The molecule has 0 bridgehead atoms. The van der Waals surface area contributed by atoms with E-state index in [-0.39, 0.29) is 23.2 Å². The van der Waals surface area contributed by atoms with E-state index in [4.69, 9.17) is 0 Å². The van der Waals surface area contributed by atoms with Crippen LogP contribution < -0.4 is 5.56 Å². The van der Waals surface area contributed by atoms with Crippen LogP contribution in [0.4, 0.5) is 4.39 Å². The summed E-state index contributed by atoms with van der Waals surface area (Å²) in [7, 11) is 0. The Morgan fingerprint density at radius 3 is 2.42 bits per heavy atom. The van der Waals surface area contributed by atoms with E-state index in [1.165, 1.54) is 22.9 Å². The van der Waals surface area contributed by atoms with Gasteiger partial charge in [0.1, 0.15) is 5.82 Å². The van der Waals surface area contributed by atoms with Gasteiger partial charge in [-0.15, -0.1) is 5.10 Å². The monoisotopic (exact) mass is 421 g/mol. The molecule has 0 N–H and O–H groups in total. The summed E-state index contributed by atoms with van der Waals surface area (Å²) in [5.74, 6) is 0.586. The number of aryl methyl sites for hydroxylation is 2. The lowest BCUT2D eigenvalue weighted by Crippen LogP contribution is -2.55. The maximum atomic E-state index is 13.2. The first-order chi connectivity index (χ1) is 14.9. The molecule has 8 heteroatoms. The van der Waals surface area contributed by atoms with E-state index in [1.807, 2.05) is 24.8 Å². The summed E-state index contributed by atoms with van der Waals surface area (Å²) in [6.45, 7) is 5.51. The van der Waals surface area contributed by atoms with Crippen molar-refractivity contribution in [3.63, 3.8) is 0 Å². The summed E-state index contributed by atoms with van der Waals surface area (Å²) in [5.41, 5.74) is 2.06. The minimum atomic E-state index is -0.497. The third kappa shape index (κ3) is 3.45. The average Bonchev–Trinajstić information content (AvgIpc) is 3.45. The fourth-order valence-electron chi connectivity index (χ4n) is 4.46. The number of benzene rings is 1. The number of hydrogen-bond donors (Lipinski definition) is 0. The van der Waals surface area contributed by atoms with Crippen LogP contribution in [0.1, 0.15) is 29.8 Å². The first-order valence-electron chi connectivity index (χ1n) is 10.5. The van der Waals surface area contributed by atoms with Crippen molar-refractivity contribution >= 4 is 5.91 Å². The summed E-state index contributed by atoms with van der Waals surface area (Å²) in [6, 6.07) is 11.4. The van der Waals surface area contributed by atoms with Crippen LogP contribution in [0, 0.1) is 25.6 Å². The molecule has 1 aliphatic carbocycles. The Hall–Kier alpha value is -3.29. The highest BCUT2D eigenvalue weighted by Gasteiger charge is 2.54. The van der Waals surface area contributed by atoms with Crippen LogP contribution in [0.3, 0.4) is 0 Å². The number of hydrogen-bond acceptors (Lipinski definition) is 4. The molecule has 2 fully saturated rings. The molecule has 1 aromatic carbocycles. The quantitative estimate of drug-likeness (QED) is 0.634. The van der Waals surface area contributed by atoms with Gasteiger partial charge in [-0.3, -0.25) is 9.59 Å². The van der Waals surface area contributed by atoms with Gasteiger partial charge in [0.05, 0.1) is 17.7 Å². The average molecular weight is 421 g/mol. The number of rotatable bonds is 5. The number of carbonyl (C=O) groups excluding carboxylic acids is 1. The number of halogens is 1. The normalized spacial score (nSPS) is 17.5. The highest BCUT2D eigenvalue weighted by molar-refractivity contribution is 5.91. The molecule has 2 aromatic heterocycles. The number of nitrogens with zero attached hydrogens (tertiary/aromatic N) is 5. The molecule has 0 unspecified atom stereocenters. The molecule has 3 heterocycles. The summed E-state index contributed by atoms with van der Waals surface area (Å²) in [6.07, 6.45) is 1.59. The lowest BCUT2D eigenvalue weighted by Gasteiger charge is -2.41. The highest BCUT2D eigenvalue weighted by Crippen LogP contribution is 2.50. The van der Waals surface area contributed by atoms with Crippen molar-refractivity contribution in [3.8, 4) is 5.82 Å². The zero-order valence-corrected chi connectivity index (χ0v) is 17.6. The number of likely N-dealkylation sites (tertiary alicyclic amines) is 1. The fourth-order valence-corrected chi connectivity index (χ4v) is 4.46. The van der Waals surface area contributed by atoms with Gasteiger partial charge in [-0.1, -0.05) is 12.1 Å². The van der Waals surface area contributed by atoms with E-state index < -0.39 is 5.41 Å². The minimum Gasteiger partial charge on any atom is -0.341 e. The number of amides is 1. The van der Waals surface area contributed by atoms with Gasteiger partial charge in [0, 0.05) is 30.8 Å². The van der Waals surface area contributed by atoms with Crippen molar-refractivity contribution in [2.75, 3.05) is 13.1 Å². The first-order valence-corrected chi connectivity index (χ1v) is 10.5. The molecule has 0 atom stereocenters. The van der Waals surface area contributed by atoms with E-state index >= 15 is 0 Å². The Morgan fingerprint density at radius 1 is 1.10 bits per heavy atom. The lowest BCUT2D eigenvalue weighted by molar-refractivity contribution is -0.140. The minimum absolute atomic E-state index is 0.104. The largest absolute Gasteiger partial charge is 0.341 e. The smallest absolute Gasteiger partial charge is 0.266 e. The van der Waals surface area contributed by atoms with Gasteiger partial charge in [-0.2, -0.15) is 5.10 Å². The SMILES string of the molecule is Cc1cc(C)n(-c2ccc(=O)n(CC3CN(C(=O)C4(c5ccc(F)cc5)CC4)C3)n2)n1. The molecule has 1 saturated heterocycles. The van der Waals surface area contributed by atoms with Crippen molar-refractivity contribution < 1.29 is 9.18 Å². The van der Waals surface area contributed by atoms with Gasteiger partial charge in [0.2, 0.25) is 5.91 Å². The van der Waals surface area contributed by atoms with Gasteiger partial charge in [0.25, 0.3) is 5.56 Å². The molecule has 7 nitrogen and oxygen atoms in total. The lowest BCUT2D eigenvalue weighted by atomic mass is 9.90. The van der Waals surface area contributed by atoms with Crippen LogP contribution in [-0.2, 0) is 16.8 Å². The summed E-state index contributed by atoms with van der Waals surface area (Å²) in [5, 5.41) is 8.92. The van der Waals surface area contributed by atoms with Crippen LogP contribution in [0.5, 0.6) is 0 Å². The predicted molar refractivity (Wildman–Crippen MR) is 112 cm³/mol. The first kappa shape index (κ1) is 19.7. The third-order valence-corrected chi connectivity index (χ3v) is 6.31. The van der Waals surface area contributed by atoms with Crippen LogP contribution in [0.25, 0.3) is 5.82 Å². The topological polar surface area (TPSA) is 73.0 Å². The molecule has 1 saturated carbocycles. The van der Waals surface area contributed by atoms with Gasteiger partial charge in [-0.25, -0.2) is 13.8 Å². The fraction of sp³-hybridized carbons (Fsp3) is 0.391. The molecule has 31 heavy (non-hydrogen) atoms. The summed E-state index contributed by atoms with van der Waals surface area (Å²) >= 11 is 0. The summed E-state index contributed by atoms with van der Waals surface area (Å²) < 4.78 is 16.4. The molecular weight excluding hydrogens is 397 g/mol. The molecule has 0 radical (unpaired) electrons. The second kappa shape index (κ2) is 7.14. The second-order valence-corrected chi connectivity index (χ2v) is 8.72. The molecular formula is C23H24FN5O2. The third-order valence-electron chi connectivity index (χ3n) is 6.31. The van der Waals surface area contributed by atoms with Crippen molar-refractivity contribution in [1.29, 1.82) is 0 Å². The molecule has 160 valence electrons. The highest BCUT2D eigenvalue weighted by atomic mass is 19.1. The number of aromatic nitrogens is 4. The Bertz CT molecular complexity index is 1200. The Balaban J connectivity index is 1.26. The maximum absolute atomic E-state index is 13.2. The van der Waals surface area contributed by atoms with E-state index in [0.717, 1.165) is 29.8 Å². The van der Waals surface area contributed by atoms with Gasteiger partial charge < -0.3 is 4.90 Å². The van der Waals surface area contributed by atoms with E-state index in [9.17, 15) is 14.0 Å². The molecule has 1 amide bonds. The molecule has 1 aliphatic heterocycles. The standard InChI is InChI=1S/C23H24FN5O2/c1-15-11-16(2)29(25-15)20-7-8-21(30)28(26-20)14-17-12-27(13-17)22(31)23(9-10-23)18-3-5-19(24)6-4-18/h3-8,11,17H,9-10,12-14H2,1-2H3. The van der Waals surface area contributed by atoms with Crippen LogP contribution in [0.2, 0.25) is 0 Å². The molecule has 2 aliphatic rings. The van der Waals surface area contributed by atoms with Gasteiger partial charge in [-0.05, 0) is 56.5 Å². The van der Waals surface area contributed by atoms with E-state index in [0.29, 0.717) is 25.5 Å². The van der Waals surface area contributed by atoms with Crippen molar-refractivity contribution in [3.05, 3.63) is 75.6 Å². The maximum Gasteiger partial charge on any atom is 0.266 e. The Labute approximate surface area is 179 Å². The molecule has 3 aromatic rings. The van der Waals surface area contributed by atoms with Crippen LogP contribution in [-0.4, -0.2) is 43.5 Å². The van der Waals surface area contributed by atoms with Crippen LogP contribution in [0.15, 0.2) is 47.3 Å². The van der Waals surface area contributed by atoms with E-state index in [1.54, 1.807) is 22.9 Å². The molecule has 0 spiro atoms. The second-order valence-electron chi connectivity index (χ2n) is 8.72. The Kier molecular flexibility index (Phi) is 4.53. The Morgan fingerprint density at radius 2 is 1.81 bits per heavy atom.